The van der Waals surface area contributed by atoms with Crippen LogP contribution in [0.3, 0.4) is 0 Å². The predicted octanol–water partition coefficient (Wildman–Crippen LogP) is 3.22. The molecule has 0 fully saturated rings. The summed E-state index contributed by atoms with van der Waals surface area (Å²) in [5.41, 5.74) is 3.75. The molecule has 102 valence electrons. The molecule has 0 radical (unpaired) electrons. The minimum atomic E-state index is 0.612. The van der Waals surface area contributed by atoms with Crippen molar-refractivity contribution in [2.24, 2.45) is 0 Å². The molecule has 1 aromatic heterocycles. The Hall–Kier alpha value is -2.33. The molecule has 0 aliphatic heterocycles. The minimum absolute atomic E-state index is 0.612. The van der Waals surface area contributed by atoms with E-state index in [0.29, 0.717) is 5.89 Å². The Balaban J connectivity index is 2.03. The second-order valence-electron chi connectivity index (χ2n) is 4.58. The number of fused-ring (bicyclic) bond motifs is 1. The van der Waals surface area contributed by atoms with E-state index < -0.39 is 0 Å². The van der Waals surface area contributed by atoms with Crippen LogP contribution in [0, 0.1) is 0 Å². The third-order valence-electron chi connectivity index (χ3n) is 3.15. The van der Waals surface area contributed by atoms with Gasteiger partial charge < -0.3 is 14.5 Å². The molecule has 0 aliphatic carbocycles. The van der Waals surface area contributed by atoms with Crippen molar-refractivity contribution >= 4 is 11.1 Å². The van der Waals surface area contributed by atoms with Crippen molar-refractivity contribution < 1.29 is 9.15 Å². The Morgan fingerprint density at radius 2 is 2.10 bits per heavy atom. The van der Waals surface area contributed by atoms with Gasteiger partial charge in [0.05, 0.1) is 7.11 Å². The van der Waals surface area contributed by atoms with Crippen molar-refractivity contribution in [3.05, 3.63) is 48.0 Å². The maximum absolute atomic E-state index is 5.85. The van der Waals surface area contributed by atoms with Crippen LogP contribution in [0.15, 0.2) is 46.9 Å². The lowest BCUT2D eigenvalue weighted by atomic mass is 10.2. The third kappa shape index (κ3) is 2.38. The van der Waals surface area contributed by atoms with Crippen LogP contribution < -0.4 is 10.1 Å². The molecular weight excluding hydrogens is 252 g/mol. The highest BCUT2D eigenvalue weighted by atomic mass is 16.5. The average molecular weight is 268 g/mol. The molecule has 0 unspecified atom stereocenters. The molecular formula is C16H16N2O2. The summed E-state index contributed by atoms with van der Waals surface area (Å²) in [5.74, 6) is 1.40. The molecule has 0 bridgehead atoms. The average Bonchev–Trinajstić information content (AvgIpc) is 2.91. The summed E-state index contributed by atoms with van der Waals surface area (Å²) >= 11 is 0. The van der Waals surface area contributed by atoms with Gasteiger partial charge in [-0.25, -0.2) is 4.98 Å². The topological polar surface area (TPSA) is 47.3 Å². The summed E-state index contributed by atoms with van der Waals surface area (Å²) in [6.07, 6.45) is 0. The summed E-state index contributed by atoms with van der Waals surface area (Å²) in [4.78, 5) is 4.52. The standard InChI is InChI=1S/C16H16N2O2/c1-17-10-11-6-7-14-15(8-11)20-16(18-14)12-4-3-5-13(9-12)19-2/h3-9,17H,10H2,1-2H3. The lowest BCUT2D eigenvalue weighted by molar-refractivity contribution is 0.415. The van der Waals surface area contributed by atoms with E-state index in [0.717, 1.165) is 29.0 Å². The van der Waals surface area contributed by atoms with Crippen LogP contribution >= 0.6 is 0 Å². The summed E-state index contributed by atoms with van der Waals surface area (Å²) in [5, 5.41) is 3.12. The second-order valence-corrected chi connectivity index (χ2v) is 4.58. The number of hydrogen-bond donors (Lipinski definition) is 1. The van der Waals surface area contributed by atoms with Gasteiger partial charge in [0.1, 0.15) is 11.3 Å². The molecule has 0 saturated carbocycles. The Bertz CT molecular complexity index is 734. The SMILES string of the molecule is CNCc1ccc2nc(-c3cccc(OC)c3)oc2c1. The first-order valence-corrected chi connectivity index (χ1v) is 6.48. The van der Waals surface area contributed by atoms with Gasteiger partial charge in [0, 0.05) is 12.1 Å². The number of nitrogens with one attached hydrogen (secondary N) is 1. The molecule has 0 aliphatic rings. The smallest absolute Gasteiger partial charge is 0.227 e. The van der Waals surface area contributed by atoms with Crippen LogP contribution in [0.5, 0.6) is 5.75 Å². The first-order chi connectivity index (χ1) is 9.80. The van der Waals surface area contributed by atoms with Gasteiger partial charge in [0.15, 0.2) is 5.58 Å². The van der Waals surface area contributed by atoms with Crippen LogP contribution in [-0.2, 0) is 6.54 Å². The molecule has 3 aromatic rings. The first kappa shape index (κ1) is 12.7. The Kier molecular flexibility index (Phi) is 3.39. The van der Waals surface area contributed by atoms with Gasteiger partial charge in [-0.15, -0.1) is 0 Å². The molecule has 0 spiro atoms. The lowest BCUT2D eigenvalue weighted by Gasteiger charge is -2.00. The summed E-state index contributed by atoms with van der Waals surface area (Å²) in [6.45, 7) is 0.811. The highest BCUT2D eigenvalue weighted by molar-refractivity contribution is 5.77. The van der Waals surface area contributed by atoms with Crippen molar-refractivity contribution in [1.29, 1.82) is 0 Å². The third-order valence-corrected chi connectivity index (χ3v) is 3.15. The van der Waals surface area contributed by atoms with Gasteiger partial charge in [-0.05, 0) is 42.9 Å². The zero-order valence-corrected chi connectivity index (χ0v) is 11.5. The summed E-state index contributed by atoms with van der Waals surface area (Å²) in [7, 11) is 3.57. The number of methoxy groups -OCH3 is 1. The van der Waals surface area contributed by atoms with Crippen molar-refractivity contribution in [2.75, 3.05) is 14.2 Å². The first-order valence-electron chi connectivity index (χ1n) is 6.48. The maximum atomic E-state index is 5.85. The van der Waals surface area contributed by atoms with Gasteiger partial charge in [0.25, 0.3) is 0 Å². The van der Waals surface area contributed by atoms with E-state index in [2.05, 4.69) is 16.4 Å². The number of oxazole rings is 1. The van der Waals surface area contributed by atoms with Crippen LogP contribution in [0.4, 0.5) is 0 Å². The fourth-order valence-corrected chi connectivity index (χ4v) is 2.16. The minimum Gasteiger partial charge on any atom is -0.497 e. The van der Waals surface area contributed by atoms with Crippen LogP contribution in [0.1, 0.15) is 5.56 Å². The zero-order valence-electron chi connectivity index (χ0n) is 11.5. The Morgan fingerprint density at radius 3 is 2.90 bits per heavy atom. The zero-order chi connectivity index (χ0) is 13.9. The molecule has 0 amide bonds. The van der Waals surface area contributed by atoms with E-state index in [1.54, 1.807) is 7.11 Å². The number of nitrogens with zero attached hydrogens (tertiary/aromatic N) is 1. The van der Waals surface area contributed by atoms with Crippen molar-refractivity contribution in [1.82, 2.24) is 10.3 Å². The Morgan fingerprint density at radius 1 is 1.20 bits per heavy atom. The van der Waals surface area contributed by atoms with Gasteiger partial charge in [-0.3, -0.25) is 0 Å². The number of aromatic nitrogens is 1. The summed E-state index contributed by atoms with van der Waals surface area (Å²) in [6, 6.07) is 13.8. The molecule has 1 heterocycles. The maximum Gasteiger partial charge on any atom is 0.227 e. The quantitative estimate of drug-likeness (QED) is 0.789. The molecule has 20 heavy (non-hydrogen) atoms. The molecule has 4 nitrogen and oxygen atoms in total. The van der Waals surface area contributed by atoms with Gasteiger partial charge in [-0.2, -0.15) is 0 Å². The highest BCUT2D eigenvalue weighted by Crippen LogP contribution is 2.27. The van der Waals surface area contributed by atoms with E-state index in [1.807, 2.05) is 43.4 Å². The number of rotatable bonds is 4. The van der Waals surface area contributed by atoms with Crippen molar-refractivity contribution in [3.63, 3.8) is 0 Å². The fraction of sp³-hybridized carbons (Fsp3) is 0.188. The molecule has 0 saturated heterocycles. The monoisotopic (exact) mass is 268 g/mol. The lowest BCUT2D eigenvalue weighted by Crippen LogP contribution is -2.04. The molecule has 3 rings (SSSR count). The van der Waals surface area contributed by atoms with Gasteiger partial charge >= 0.3 is 0 Å². The van der Waals surface area contributed by atoms with Crippen molar-refractivity contribution in [2.45, 2.75) is 6.54 Å². The van der Waals surface area contributed by atoms with E-state index in [1.165, 1.54) is 5.56 Å². The van der Waals surface area contributed by atoms with E-state index in [-0.39, 0.29) is 0 Å². The van der Waals surface area contributed by atoms with Crippen LogP contribution in [0.25, 0.3) is 22.6 Å². The predicted molar refractivity (Wildman–Crippen MR) is 78.8 cm³/mol. The van der Waals surface area contributed by atoms with Gasteiger partial charge in [0.2, 0.25) is 5.89 Å². The fourth-order valence-electron chi connectivity index (χ4n) is 2.16. The van der Waals surface area contributed by atoms with E-state index >= 15 is 0 Å². The van der Waals surface area contributed by atoms with Gasteiger partial charge in [-0.1, -0.05) is 12.1 Å². The van der Waals surface area contributed by atoms with Crippen molar-refractivity contribution in [3.8, 4) is 17.2 Å². The second kappa shape index (κ2) is 5.35. The number of hydrogen-bond acceptors (Lipinski definition) is 4. The molecule has 4 heteroatoms. The Labute approximate surface area is 117 Å². The highest BCUT2D eigenvalue weighted by Gasteiger charge is 2.09. The summed E-state index contributed by atoms with van der Waals surface area (Å²) < 4.78 is 11.1. The normalized spacial score (nSPS) is 10.9. The van der Waals surface area contributed by atoms with E-state index in [9.17, 15) is 0 Å². The molecule has 0 atom stereocenters. The number of ether oxygens (including phenoxy) is 1. The molecule has 2 aromatic carbocycles. The van der Waals surface area contributed by atoms with Crippen LogP contribution in [-0.4, -0.2) is 19.1 Å². The van der Waals surface area contributed by atoms with Crippen LogP contribution in [0.2, 0.25) is 0 Å². The largest absolute Gasteiger partial charge is 0.497 e. The van der Waals surface area contributed by atoms with E-state index in [4.69, 9.17) is 9.15 Å². The number of benzene rings is 2. The molecule has 1 N–H and O–H groups in total.